The van der Waals surface area contributed by atoms with Gasteiger partial charge in [-0.15, -0.1) is 0 Å². The largest absolute Gasteiger partial charge is 0.483 e. The summed E-state index contributed by atoms with van der Waals surface area (Å²) in [4.78, 5) is 20.0. The summed E-state index contributed by atoms with van der Waals surface area (Å²) in [6.45, 7) is 2.03. The van der Waals surface area contributed by atoms with Crippen LogP contribution in [0.3, 0.4) is 0 Å². The molecule has 0 radical (unpaired) electrons. The molecule has 0 aliphatic rings. The Bertz CT molecular complexity index is 1400. The first kappa shape index (κ1) is 22.8. The summed E-state index contributed by atoms with van der Waals surface area (Å²) in [5.74, 6) is 0.554. The van der Waals surface area contributed by atoms with Crippen molar-refractivity contribution in [1.29, 1.82) is 0 Å². The normalized spacial score (nSPS) is 10.9. The van der Waals surface area contributed by atoms with Gasteiger partial charge in [-0.1, -0.05) is 91.1 Å². The SMILES string of the molecule is CCc1ccc(N(C(=O)COc2ccccc2Cc2ccccc2)c2nc3ccccc3s2)cc1. The molecule has 1 heterocycles. The standard InChI is InChI=1S/C30H26N2O2S/c1-2-22-16-18-25(19-17-22)32(30-31-26-13-7-9-15-28(26)35-30)29(33)21-34-27-14-8-6-12-24(27)20-23-10-4-3-5-11-23/h3-19H,2,20-21H2,1H3. The predicted molar refractivity (Wildman–Crippen MR) is 144 cm³/mol. The zero-order valence-electron chi connectivity index (χ0n) is 19.6. The van der Waals surface area contributed by atoms with E-state index in [1.807, 2.05) is 78.9 Å². The number of hydrogen-bond donors (Lipinski definition) is 0. The van der Waals surface area contributed by atoms with E-state index in [0.29, 0.717) is 5.13 Å². The van der Waals surface area contributed by atoms with Crippen LogP contribution >= 0.6 is 11.3 Å². The van der Waals surface area contributed by atoms with E-state index >= 15 is 0 Å². The number of aryl methyl sites for hydroxylation is 1. The molecule has 1 amide bonds. The molecule has 5 heteroatoms. The molecule has 0 unspecified atom stereocenters. The molecule has 5 rings (SSSR count). The maximum Gasteiger partial charge on any atom is 0.271 e. The number of ether oxygens (including phenoxy) is 1. The average molecular weight is 479 g/mol. The van der Waals surface area contributed by atoms with Crippen molar-refractivity contribution in [2.24, 2.45) is 0 Å². The van der Waals surface area contributed by atoms with Gasteiger partial charge in [0.1, 0.15) is 5.75 Å². The quantitative estimate of drug-likeness (QED) is 0.237. The van der Waals surface area contributed by atoms with E-state index in [2.05, 4.69) is 31.2 Å². The van der Waals surface area contributed by atoms with Crippen LogP contribution in [-0.2, 0) is 17.6 Å². The van der Waals surface area contributed by atoms with Crippen LogP contribution in [0.15, 0.2) is 103 Å². The van der Waals surface area contributed by atoms with E-state index in [9.17, 15) is 4.79 Å². The number of carbonyl (C=O) groups is 1. The van der Waals surface area contributed by atoms with Crippen molar-refractivity contribution in [2.45, 2.75) is 19.8 Å². The zero-order chi connectivity index (χ0) is 24.0. The number of thiazole rings is 1. The number of rotatable bonds is 8. The molecular weight excluding hydrogens is 452 g/mol. The summed E-state index contributed by atoms with van der Waals surface area (Å²) in [6, 6.07) is 34.1. The Balaban J connectivity index is 1.41. The van der Waals surface area contributed by atoms with E-state index in [-0.39, 0.29) is 12.5 Å². The Labute approximate surface area is 209 Å². The molecule has 0 atom stereocenters. The zero-order valence-corrected chi connectivity index (χ0v) is 20.4. The Morgan fingerprint density at radius 3 is 2.31 bits per heavy atom. The fourth-order valence-corrected chi connectivity index (χ4v) is 5.01. The second-order valence-corrected chi connectivity index (χ2v) is 9.28. The fourth-order valence-electron chi connectivity index (χ4n) is 4.01. The van der Waals surface area contributed by atoms with Gasteiger partial charge in [-0.25, -0.2) is 4.98 Å². The lowest BCUT2D eigenvalue weighted by molar-refractivity contribution is -0.119. The van der Waals surface area contributed by atoms with Crippen molar-refractivity contribution < 1.29 is 9.53 Å². The van der Waals surface area contributed by atoms with Crippen LogP contribution in [0.5, 0.6) is 5.75 Å². The molecule has 0 saturated heterocycles. The van der Waals surface area contributed by atoms with Gasteiger partial charge in [-0.2, -0.15) is 0 Å². The van der Waals surface area contributed by atoms with Crippen LogP contribution in [0.2, 0.25) is 0 Å². The highest BCUT2D eigenvalue weighted by Gasteiger charge is 2.23. The molecule has 0 fully saturated rings. The Morgan fingerprint density at radius 2 is 1.54 bits per heavy atom. The van der Waals surface area contributed by atoms with Crippen molar-refractivity contribution in [2.75, 3.05) is 11.5 Å². The van der Waals surface area contributed by atoms with Gasteiger partial charge < -0.3 is 4.74 Å². The lowest BCUT2D eigenvalue weighted by Gasteiger charge is -2.21. The Kier molecular flexibility index (Phi) is 6.87. The third kappa shape index (κ3) is 5.26. The molecule has 0 bridgehead atoms. The van der Waals surface area contributed by atoms with Crippen molar-refractivity contribution >= 4 is 38.3 Å². The number of benzene rings is 4. The molecule has 0 saturated carbocycles. The van der Waals surface area contributed by atoms with Gasteiger partial charge in [0.05, 0.1) is 15.9 Å². The Morgan fingerprint density at radius 1 is 0.829 bits per heavy atom. The number of nitrogens with zero attached hydrogens (tertiary/aromatic N) is 2. The summed E-state index contributed by atoms with van der Waals surface area (Å²) in [5.41, 5.74) is 5.13. The van der Waals surface area contributed by atoms with E-state index in [4.69, 9.17) is 9.72 Å². The maximum absolute atomic E-state index is 13.6. The molecule has 0 spiro atoms. The first-order chi connectivity index (χ1) is 17.2. The monoisotopic (exact) mass is 478 g/mol. The molecule has 0 aliphatic heterocycles. The number of aromatic nitrogens is 1. The van der Waals surface area contributed by atoms with Crippen LogP contribution in [-0.4, -0.2) is 17.5 Å². The first-order valence-corrected chi connectivity index (χ1v) is 12.5. The van der Waals surface area contributed by atoms with Crippen molar-refractivity contribution in [3.8, 4) is 5.75 Å². The van der Waals surface area contributed by atoms with Gasteiger partial charge >= 0.3 is 0 Å². The topological polar surface area (TPSA) is 42.4 Å². The lowest BCUT2D eigenvalue weighted by Crippen LogP contribution is -2.31. The van der Waals surface area contributed by atoms with Gasteiger partial charge in [0.15, 0.2) is 11.7 Å². The van der Waals surface area contributed by atoms with E-state index in [0.717, 1.165) is 40.1 Å². The van der Waals surface area contributed by atoms with Crippen LogP contribution in [0, 0.1) is 0 Å². The van der Waals surface area contributed by atoms with Crippen LogP contribution in [0.1, 0.15) is 23.6 Å². The summed E-state index contributed by atoms with van der Waals surface area (Å²) < 4.78 is 7.14. The fraction of sp³-hybridized carbons (Fsp3) is 0.133. The number of amides is 1. The molecule has 174 valence electrons. The number of hydrogen-bond acceptors (Lipinski definition) is 4. The van der Waals surface area contributed by atoms with Crippen molar-refractivity contribution in [3.63, 3.8) is 0 Å². The second kappa shape index (κ2) is 10.5. The smallest absolute Gasteiger partial charge is 0.271 e. The summed E-state index contributed by atoms with van der Waals surface area (Å²) in [5, 5.41) is 0.640. The lowest BCUT2D eigenvalue weighted by atomic mass is 10.0. The predicted octanol–water partition coefficient (Wildman–Crippen LogP) is 7.19. The van der Waals surface area contributed by atoms with Crippen LogP contribution in [0.25, 0.3) is 10.2 Å². The minimum absolute atomic E-state index is 0.0861. The van der Waals surface area contributed by atoms with Gasteiger partial charge in [0.2, 0.25) is 0 Å². The maximum atomic E-state index is 13.6. The first-order valence-electron chi connectivity index (χ1n) is 11.7. The third-order valence-corrected chi connectivity index (χ3v) is 6.91. The summed E-state index contributed by atoms with van der Waals surface area (Å²) in [6.07, 6.45) is 1.68. The molecule has 4 nitrogen and oxygen atoms in total. The highest BCUT2D eigenvalue weighted by molar-refractivity contribution is 7.22. The molecule has 0 N–H and O–H groups in total. The van der Waals surface area contributed by atoms with Crippen LogP contribution in [0.4, 0.5) is 10.8 Å². The van der Waals surface area contributed by atoms with E-state index in [1.165, 1.54) is 22.5 Å². The molecule has 4 aromatic carbocycles. The minimum Gasteiger partial charge on any atom is -0.483 e. The highest BCUT2D eigenvalue weighted by Crippen LogP contribution is 2.34. The van der Waals surface area contributed by atoms with Gasteiger partial charge in [-0.3, -0.25) is 9.69 Å². The Hall–Kier alpha value is -3.96. The molecular formula is C30H26N2O2S. The average Bonchev–Trinajstić information content (AvgIpc) is 3.33. The summed E-state index contributed by atoms with van der Waals surface area (Å²) >= 11 is 1.50. The molecule has 1 aromatic heterocycles. The van der Waals surface area contributed by atoms with E-state index < -0.39 is 0 Å². The molecule has 35 heavy (non-hydrogen) atoms. The molecule has 5 aromatic rings. The number of para-hydroxylation sites is 2. The van der Waals surface area contributed by atoms with Crippen LogP contribution < -0.4 is 9.64 Å². The highest BCUT2D eigenvalue weighted by atomic mass is 32.1. The van der Waals surface area contributed by atoms with Crippen molar-refractivity contribution in [1.82, 2.24) is 4.98 Å². The summed E-state index contributed by atoms with van der Waals surface area (Å²) in [7, 11) is 0. The number of carbonyl (C=O) groups excluding carboxylic acids is 1. The third-order valence-electron chi connectivity index (χ3n) is 5.89. The van der Waals surface area contributed by atoms with E-state index in [1.54, 1.807) is 4.90 Å². The number of fused-ring (bicyclic) bond motifs is 1. The minimum atomic E-state index is -0.164. The van der Waals surface area contributed by atoms with Gasteiger partial charge in [0, 0.05) is 6.42 Å². The van der Waals surface area contributed by atoms with Gasteiger partial charge in [0.25, 0.3) is 5.91 Å². The molecule has 0 aliphatic carbocycles. The number of anilines is 2. The van der Waals surface area contributed by atoms with Crippen molar-refractivity contribution in [3.05, 3.63) is 120 Å². The second-order valence-electron chi connectivity index (χ2n) is 8.27. The van der Waals surface area contributed by atoms with Gasteiger partial charge in [-0.05, 0) is 53.4 Å².